The van der Waals surface area contributed by atoms with Crippen LogP contribution < -0.4 is 14.8 Å². The van der Waals surface area contributed by atoms with Gasteiger partial charge in [0.05, 0.1) is 24.9 Å². The van der Waals surface area contributed by atoms with Crippen molar-refractivity contribution in [2.75, 3.05) is 19.5 Å². The van der Waals surface area contributed by atoms with Crippen molar-refractivity contribution in [2.24, 2.45) is 0 Å². The molecule has 2 aromatic carbocycles. The number of ether oxygens (including phenoxy) is 2. The normalized spacial score (nSPS) is 10.2. The van der Waals surface area contributed by atoms with Crippen molar-refractivity contribution in [2.45, 2.75) is 6.54 Å². The van der Waals surface area contributed by atoms with Crippen LogP contribution in [0.5, 0.6) is 11.5 Å². The molecule has 0 aliphatic rings. The standard InChI is InChI=1S/C15H15ClINO2/c1-19-14-5-3-4-10(15(14)20-2)9-18-13-7-6-11(17)8-12(13)16/h3-8,18H,9H2,1-2H3. The maximum Gasteiger partial charge on any atom is 0.165 e. The molecule has 106 valence electrons. The van der Waals surface area contributed by atoms with Crippen LogP contribution in [0.3, 0.4) is 0 Å². The number of hydrogen-bond acceptors (Lipinski definition) is 3. The second-order valence-electron chi connectivity index (χ2n) is 4.13. The Morgan fingerprint density at radius 2 is 1.95 bits per heavy atom. The molecule has 0 saturated carbocycles. The average Bonchev–Trinajstić information content (AvgIpc) is 2.45. The van der Waals surface area contributed by atoms with Gasteiger partial charge < -0.3 is 14.8 Å². The lowest BCUT2D eigenvalue weighted by atomic mass is 10.1. The quantitative estimate of drug-likeness (QED) is 0.742. The minimum Gasteiger partial charge on any atom is -0.493 e. The minimum atomic E-state index is 0.612. The van der Waals surface area contributed by atoms with E-state index in [9.17, 15) is 0 Å². The van der Waals surface area contributed by atoms with Crippen molar-refractivity contribution in [1.82, 2.24) is 0 Å². The summed E-state index contributed by atoms with van der Waals surface area (Å²) in [6.07, 6.45) is 0. The van der Waals surface area contributed by atoms with Gasteiger partial charge in [-0.05, 0) is 46.9 Å². The Morgan fingerprint density at radius 1 is 1.15 bits per heavy atom. The van der Waals surface area contributed by atoms with Gasteiger partial charge in [0.2, 0.25) is 0 Å². The molecule has 0 unspecified atom stereocenters. The second-order valence-corrected chi connectivity index (χ2v) is 5.78. The number of anilines is 1. The number of halogens is 2. The molecule has 0 radical (unpaired) electrons. The van der Waals surface area contributed by atoms with E-state index in [-0.39, 0.29) is 0 Å². The maximum atomic E-state index is 6.20. The summed E-state index contributed by atoms with van der Waals surface area (Å²) in [6, 6.07) is 11.7. The first-order valence-electron chi connectivity index (χ1n) is 6.04. The molecule has 1 N–H and O–H groups in total. The predicted molar refractivity (Wildman–Crippen MR) is 91.0 cm³/mol. The molecule has 0 aromatic heterocycles. The molecule has 5 heteroatoms. The summed E-state index contributed by atoms with van der Waals surface area (Å²) >= 11 is 8.44. The number of rotatable bonds is 5. The van der Waals surface area contributed by atoms with Crippen molar-refractivity contribution in [1.29, 1.82) is 0 Å². The van der Waals surface area contributed by atoms with Gasteiger partial charge in [-0.1, -0.05) is 23.7 Å². The second kappa shape index (κ2) is 7.04. The highest BCUT2D eigenvalue weighted by Crippen LogP contribution is 2.32. The summed E-state index contributed by atoms with van der Waals surface area (Å²) in [5, 5.41) is 4.02. The first kappa shape index (κ1) is 15.3. The third-order valence-electron chi connectivity index (χ3n) is 2.88. The van der Waals surface area contributed by atoms with Crippen molar-refractivity contribution < 1.29 is 9.47 Å². The van der Waals surface area contributed by atoms with Gasteiger partial charge in [0.15, 0.2) is 11.5 Å². The zero-order chi connectivity index (χ0) is 14.5. The van der Waals surface area contributed by atoms with Crippen LogP contribution in [-0.4, -0.2) is 14.2 Å². The van der Waals surface area contributed by atoms with Gasteiger partial charge in [-0.25, -0.2) is 0 Å². The van der Waals surface area contributed by atoms with Crippen LogP contribution in [0.15, 0.2) is 36.4 Å². The molecule has 0 saturated heterocycles. The van der Waals surface area contributed by atoms with Gasteiger partial charge in [-0.15, -0.1) is 0 Å². The molecule has 2 aromatic rings. The highest BCUT2D eigenvalue weighted by Gasteiger charge is 2.09. The Balaban J connectivity index is 2.18. The Kier molecular flexibility index (Phi) is 5.37. The predicted octanol–water partition coefficient (Wildman–Crippen LogP) is 4.57. The van der Waals surface area contributed by atoms with E-state index in [1.807, 2.05) is 36.4 Å². The lowest BCUT2D eigenvalue weighted by molar-refractivity contribution is 0.352. The molecule has 0 heterocycles. The van der Waals surface area contributed by atoms with Crippen LogP contribution in [0.4, 0.5) is 5.69 Å². The smallest absolute Gasteiger partial charge is 0.165 e. The van der Waals surface area contributed by atoms with Crippen LogP contribution in [0, 0.1) is 3.57 Å². The van der Waals surface area contributed by atoms with E-state index in [1.165, 1.54) is 0 Å². The van der Waals surface area contributed by atoms with E-state index in [4.69, 9.17) is 21.1 Å². The topological polar surface area (TPSA) is 30.5 Å². The van der Waals surface area contributed by atoms with E-state index in [1.54, 1.807) is 14.2 Å². The number of hydrogen-bond donors (Lipinski definition) is 1. The van der Waals surface area contributed by atoms with E-state index in [2.05, 4.69) is 27.9 Å². The van der Waals surface area contributed by atoms with Crippen molar-refractivity contribution in [3.8, 4) is 11.5 Å². The van der Waals surface area contributed by atoms with Gasteiger partial charge in [0.25, 0.3) is 0 Å². The Bertz CT molecular complexity index is 604. The Morgan fingerprint density at radius 3 is 2.60 bits per heavy atom. The number of para-hydroxylation sites is 1. The first-order valence-corrected chi connectivity index (χ1v) is 7.50. The SMILES string of the molecule is COc1cccc(CNc2ccc(I)cc2Cl)c1OC. The van der Waals surface area contributed by atoms with Gasteiger partial charge in [-0.2, -0.15) is 0 Å². The highest BCUT2D eigenvalue weighted by atomic mass is 127. The van der Waals surface area contributed by atoms with Crippen LogP contribution in [0.25, 0.3) is 0 Å². The van der Waals surface area contributed by atoms with Crippen LogP contribution >= 0.6 is 34.2 Å². The van der Waals surface area contributed by atoms with Crippen molar-refractivity contribution in [3.63, 3.8) is 0 Å². The van der Waals surface area contributed by atoms with Gasteiger partial charge >= 0.3 is 0 Å². The van der Waals surface area contributed by atoms with Crippen molar-refractivity contribution in [3.05, 3.63) is 50.6 Å². The summed E-state index contributed by atoms with van der Waals surface area (Å²) in [5.74, 6) is 1.46. The third-order valence-corrected chi connectivity index (χ3v) is 3.87. The largest absolute Gasteiger partial charge is 0.493 e. The number of nitrogens with one attached hydrogen (secondary N) is 1. The Labute approximate surface area is 137 Å². The fourth-order valence-corrected chi connectivity index (χ4v) is 2.84. The van der Waals surface area contributed by atoms with Crippen LogP contribution in [0.1, 0.15) is 5.56 Å². The molecule has 0 amide bonds. The lowest BCUT2D eigenvalue weighted by Gasteiger charge is -2.14. The fraction of sp³-hybridized carbons (Fsp3) is 0.200. The van der Waals surface area contributed by atoms with E-state index >= 15 is 0 Å². The van der Waals surface area contributed by atoms with Crippen LogP contribution in [-0.2, 0) is 6.54 Å². The average molecular weight is 404 g/mol. The molecule has 0 aliphatic carbocycles. The fourth-order valence-electron chi connectivity index (χ4n) is 1.92. The molecule has 20 heavy (non-hydrogen) atoms. The molecule has 0 atom stereocenters. The van der Waals surface area contributed by atoms with E-state index in [0.29, 0.717) is 11.6 Å². The third kappa shape index (κ3) is 3.49. The molecule has 3 nitrogen and oxygen atoms in total. The van der Waals surface area contributed by atoms with Crippen LogP contribution in [0.2, 0.25) is 5.02 Å². The lowest BCUT2D eigenvalue weighted by Crippen LogP contribution is -2.03. The molecular weight excluding hydrogens is 389 g/mol. The summed E-state index contributed by atoms with van der Waals surface area (Å²) in [6.45, 7) is 0.612. The Hall–Kier alpha value is -1.14. The summed E-state index contributed by atoms with van der Waals surface area (Å²) in [5.41, 5.74) is 1.92. The van der Waals surface area contributed by atoms with Gasteiger partial charge in [0, 0.05) is 15.7 Å². The zero-order valence-corrected chi connectivity index (χ0v) is 14.2. The molecule has 0 aliphatic heterocycles. The number of benzene rings is 2. The number of methoxy groups -OCH3 is 2. The van der Waals surface area contributed by atoms with Gasteiger partial charge in [-0.3, -0.25) is 0 Å². The molecular formula is C15H15ClINO2. The minimum absolute atomic E-state index is 0.612. The molecule has 2 rings (SSSR count). The molecule has 0 fully saturated rings. The summed E-state index contributed by atoms with van der Waals surface area (Å²) in [4.78, 5) is 0. The molecule has 0 bridgehead atoms. The van der Waals surface area contributed by atoms with E-state index in [0.717, 1.165) is 26.3 Å². The maximum absolute atomic E-state index is 6.20. The molecule has 0 spiro atoms. The summed E-state index contributed by atoms with van der Waals surface area (Å²) in [7, 11) is 3.27. The van der Waals surface area contributed by atoms with Gasteiger partial charge in [0.1, 0.15) is 0 Å². The zero-order valence-electron chi connectivity index (χ0n) is 11.2. The highest BCUT2D eigenvalue weighted by molar-refractivity contribution is 14.1. The van der Waals surface area contributed by atoms with E-state index < -0.39 is 0 Å². The monoisotopic (exact) mass is 403 g/mol. The first-order chi connectivity index (χ1) is 9.65. The summed E-state index contributed by atoms with van der Waals surface area (Å²) < 4.78 is 11.8. The van der Waals surface area contributed by atoms with Crippen molar-refractivity contribution >= 4 is 39.9 Å².